The van der Waals surface area contributed by atoms with E-state index in [0.717, 1.165) is 17.6 Å². The number of allylic oxidation sites excluding steroid dienone is 1. The summed E-state index contributed by atoms with van der Waals surface area (Å²) in [4.78, 5) is 11.2. The molecule has 3 rings (SSSR count). The number of primary amides is 1. The van der Waals surface area contributed by atoms with Crippen molar-refractivity contribution in [3.05, 3.63) is 77.4 Å². The molecule has 0 aromatic heterocycles. The molecule has 19 heavy (non-hydrogen) atoms. The van der Waals surface area contributed by atoms with Crippen molar-refractivity contribution in [3.8, 4) is 0 Å². The number of hydrogen-bond acceptors (Lipinski definition) is 1. The highest BCUT2D eigenvalue weighted by atomic mass is 16.1. The van der Waals surface area contributed by atoms with Gasteiger partial charge in [-0.3, -0.25) is 4.79 Å². The topological polar surface area (TPSA) is 43.1 Å². The van der Waals surface area contributed by atoms with Crippen LogP contribution in [-0.2, 0) is 4.79 Å². The Hall–Kier alpha value is -2.35. The number of rotatable bonds is 2. The average molecular weight is 249 g/mol. The molecule has 0 radical (unpaired) electrons. The first kappa shape index (κ1) is 11.7. The summed E-state index contributed by atoms with van der Waals surface area (Å²) in [6, 6.07) is 18.6. The van der Waals surface area contributed by atoms with Gasteiger partial charge in [0.05, 0.1) is 0 Å². The predicted octanol–water partition coefficient (Wildman–Crippen LogP) is 3.09. The molecule has 1 amide bonds. The van der Waals surface area contributed by atoms with Crippen molar-refractivity contribution in [2.75, 3.05) is 0 Å². The summed E-state index contributed by atoms with van der Waals surface area (Å²) in [5, 5.41) is 0. The molecule has 0 spiro atoms. The van der Waals surface area contributed by atoms with E-state index >= 15 is 0 Å². The third-order valence-electron chi connectivity index (χ3n) is 3.62. The highest BCUT2D eigenvalue weighted by molar-refractivity contribution is 5.95. The maximum atomic E-state index is 11.2. The summed E-state index contributed by atoms with van der Waals surface area (Å²) in [5.74, 6) is -0.0542. The van der Waals surface area contributed by atoms with E-state index in [0.29, 0.717) is 5.92 Å². The van der Waals surface area contributed by atoms with Gasteiger partial charge in [0.15, 0.2) is 0 Å². The number of carbonyl (C=O) groups excluding carboxylic acids is 1. The molecule has 1 aliphatic rings. The molecule has 0 heterocycles. The van der Waals surface area contributed by atoms with Crippen LogP contribution in [0.25, 0.3) is 5.57 Å². The zero-order valence-corrected chi connectivity index (χ0v) is 10.5. The molecular weight excluding hydrogens is 234 g/mol. The Morgan fingerprint density at radius 1 is 1.05 bits per heavy atom. The third-order valence-corrected chi connectivity index (χ3v) is 3.62. The van der Waals surface area contributed by atoms with Crippen LogP contribution in [0.1, 0.15) is 29.0 Å². The van der Waals surface area contributed by atoms with Crippen LogP contribution in [0, 0.1) is 0 Å². The predicted molar refractivity (Wildman–Crippen MR) is 76.5 cm³/mol. The lowest BCUT2D eigenvalue weighted by molar-refractivity contribution is -0.113. The van der Waals surface area contributed by atoms with Crippen LogP contribution < -0.4 is 5.73 Å². The van der Waals surface area contributed by atoms with Gasteiger partial charge in [0.2, 0.25) is 5.91 Å². The molecule has 1 atom stereocenters. The maximum Gasteiger partial charge on any atom is 0.241 e. The minimum absolute atomic E-state index is 0.322. The Bertz CT molecular complexity index is 643. The second kappa shape index (κ2) is 4.73. The highest BCUT2D eigenvalue weighted by Crippen LogP contribution is 2.44. The number of fused-ring (bicyclic) bond motifs is 1. The molecule has 1 unspecified atom stereocenters. The number of carbonyl (C=O) groups is 1. The normalized spacial score (nSPS) is 19.4. The molecule has 2 nitrogen and oxygen atoms in total. The van der Waals surface area contributed by atoms with Gasteiger partial charge in [-0.05, 0) is 28.7 Å². The van der Waals surface area contributed by atoms with E-state index in [2.05, 4.69) is 24.3 Å². The van der Waals surface area contributed by atoms with Gasteiger partial charge in [0, 0.05) is 12.0 Å². The SMILES string of the molecule is NC(=O)/C=C1\CC(c2ccccc2)c2ccccc21. The van der Waals surface area contributed by atoms with Gasteiger partial charge in [0.25, 0.3) is 0 Å². The van der Waals surface area contributed by atoms with Crippen LogP contribution in [0.4, 0.5) is 0 Å². The second-order valence-electron chi connectivity index (χ2n) is 4.83. The lowest BCUT2D eigenvalue weighted by atomic mass is 9.93. The van der Waals surface area contributed by atoms with Gasteiger partial charge in [-0.2, -0.15) is 0 Å². The van der Waals surface area contributed by atoms with E-state index in [4.69, 9.17) is 5.73 Å². The van der Waals surface area contributed by atoms with Gasteiger partial charge < -0.3 is 5.73 Å². The Morgan fingerprint density at radius 3 is 2.47 bits per heavy atom. The van der Waals surface area contributed by atoms with E-state index < -0.39 is 0 Å². The fourth-order valence-corrected chi connectivity index (χ4v) is 2.82. The summed E-state index contributed by atoms with van der Waals surface area (Å²) >= 11 is 0. The number of hydrogen-bond donors (Lipinski definition) is 1. The van der Waals surface area contributed by atoms with E-state index in [1.54, 1.807) is 6.08 Å². The zero-order valence-electron chi connectivity index (χ0n) is 10.5. The van der Waals surface area contributed by atoms with Crippen molar-refractivity contribution in [2.24, 2.45) is 5.73 Å². The molecule has 2 N–H and O–H groups in total. The maximum absolute atomic E-state index is 11.2. The van der Waals surface area contributed by atoms with E-state index in [9.17, 15) is 4.79 Å². The van der Waals surface area contributed by atoms with Crippen LogP contribution in [0.3, 0.4) is 0 Å². The summed E-state index contributed by atoms with van der Waals surface area (Å²) < 4.78 is 0. The van der Waals surface area contributed by atoms with E-state index in [1.165, 1.54) is 11.1 Å². The lowest BCUT2D eigenvalue weighted by Crippen LogP contribution is -2.06. The molecule has 2 aromatic carbocycles. The molecule has 0 bridgehead atoms. The summed E-state index contributed by atoms with van der Waals surface area (Å²) in [7, 11) is 0. The fraction of sp³-hybridized carbons (Fsp3) is 0.118. The second-order valence-corrected chi connectivity index (χ2v) is 4.83. The van der Waals surface area contributed by atoms with Crippen molar-refractivity contribution in [2.45, 2.75) is 12.3 Å². The zero-order chi connectivity index (χ0) is 13.2. The van der Waals surface area contributed by atoms with Crippen molar-refractivity contribution in [1.82, 2.24) is 0 Å². The van der Waals surface area contributed by atoms with Gasteiger partial charge in [-0.1, -0.05) is 54.6 Å². The molecule has 0 saturated carbocycles. The van der Waals surface area contributed by atoms with Crippen molar-refractivity contribution >= 4 is 11.5 Å². The Kier molecular flexibility index (Phi) is 2.92. The van der Waals surface area contributed by atoms with Crippen LogP contribution in [0.15, 0.2) is 60.7 Å². The molecule has 0 fully saturated rings. The number of benzene rings is 2. The van der Waals surface area contributed by atoms with Crippen LogP contribution >= 0.6 is 0 Å². The first-order chi connectivity index (χ1) is 9.25. The fourth-order valence-electron chi connectivity index (χ4n) is 2.82. The van der Waals surface area contributed by atoms with Crippen LogP contribution in [0.2, 0.25) is 0 Å². The van der Waals surface area contributed by atoms with Crippen molar-refractivity contribution in [3.63, 3.8) is 0 Å². The number of nitrogens with two attached hydrogens (primary N) is 1. The van der Waals surface area contributed by atoms with E-state index in [-0.39, 0.29) is 5.91 Å². The molecule has 94 valence electrons. The largest absolute Gasteiger partial charge is 0.366 e. The monoisotopic (exact) mass is 249 g/mol. The smallest absolute Gasteiger partial charge is 0.241 e. The minimum Gasteiger partial charge on any atom is -0.366 e. The molecule has 1 aliphatic carbocycles. The lowest BCUT2D eigenvalue weighted by Gasteiger charge is -2.11. The highest BCUT2D eigenvalue weighted by Gasteiger charge is 2.27. The van der Waals surface area contributed by atoms with Crippen LogP contribution in [-0.4, -0.2) is 5.91 Å². The number of amides is 1. The first-order valence-corrected chi connectivity index (χ1v) is 6.40. The molecule has 2 heteroatoms. The third kappa shape index (κ3) is 2.17. The molecule has 2 aromatic rings. The Balaban J connectivity index is 2.09. The average Bonchev–Trinajstić information content (AvgIpc) is 2.78. The first-order valence-electron chi connectivity index (χ1n) is 6.40. The molecule has 0 aliphatic heterocycles. The van der Waals surface area contributed by atoms with Gasteiger partial charge in [0.1, 0.15) is 0 Å². The standard InChI is InChI=1S/C17H15NO/c18-17(19)11-13-10-16(12-6-2-1-3-7-12)15-9-5-4-8-14(13)15/h1-9,11,16H,10H2,(H2,18,19)/b13-11+. The van der Waals surface area contributed by atoms with Gasteiger partial charge >= 0.3 is 0 Å². The molecule has 0 saturated heterocycles. The Labute approximate surface area is 112 Å². The summed E-state index contributed by atoms with van der Waals surface area (Å²) in [5.41, 5.74) is 10.0. The van der Waals surface area contributed by atoms with Crippen LogP contribution in [0.5, 0.6) is 0 Å². The summed E-state index contributed by atoms with van der Waals surface area (Å²) in [6.07, 6.45) is 2.40. The van der Waals surface area contributed by atoms with Crippen molar-refractivity contribution < 1.29 is 4.79 Å². The van der Waals surface area contributed by atoms with Gasteiger partial charge in [-0.25, -0.2) is 0 Å². The Morgan fingerprint density at radius 2 is 1.74 bits per heavy atom. The summed E-state index contributed by atoms with van der Waals surface area (Å²) in [6.45, 7) is 0. The van der Waals surface area contributed by atoms with Crippen molar-refractivity contribution in [1.29, 1.82) is 0 Å². The molecular formula is C17H15NO. The van der Waals surface area contributed by atoms with Gasteiger partial charge in [-0.15, -0.1) is 0 Å². The minimum atomic E-state index is -0.376. The quantitative estimate of drug-likeness (QED) is 0.816. The van der Waals surface area contributed by atoms with E-state index in [1.807, 2.05) is 30.3 Å².